The molecule has 2 aromatic carbocycles. The molecule has 1 N–H and O–H groups in total. The lowest BCUT2D eigenvalue weighted by molar-refractivity contribution is -0.0498. The number of rotatable bonds is 5. The van der Waals surface area contributed by atoms with E-state index in [1.54, 1.807) is 18.3 Å². The van der Waals surface area contributed by atoms with Gasteiger partial charge in [0.25, 0.3) is 0 Å². The highest BCUT2D eigenvalue weighted by Gasteiger charge is 2.12. The zero-order chi connectivity index (χ0) is 19.5. The van der Waals surface area contributed by atoms with Crippen LogP contribution in [-0.2, 0) is 0 Å². The van der Waals surface area contributed by atoms with Gasteiger partial charge in [0.15, 0.2) is 17.3 Å². The third kappa shape index (κ3) is 3.86. The second kappa shape index (κ2) is 7.77. The Morgan fingerprint density at radius 2 is 1.89 bits per heavy atom. The molecule has 0 spiro atoms. The molecule has 1 aliphatic rings. The van der Waals surface area contributed by atoms with Crippen LogP contribution in [0.4, 0.5) is 8.78 Å². The van der Waals surface area contributed by atoms with Crippen molar-refractivity contribution < 1.29 is 23.0 Å². The zero-order valence-electron chi connectivity index (χ0n) is 14.3. The maximum absolute atomic E-state index is 12.3. The van der Waals surface area contributed by atoms with Gasteiger partial charge in [-0.3, -0.25) is 0 Å². The van der Waals surface area contributed by atoms with Crippen molar-refractivity contribution in [1.29, 1.82) is 0 Å². The highest BCUT2D eigenvalue weighted by atomic mass is 32.1. The Kier molecular flexibility index (Phi) is 5.02. The van der Waals surface area contributed by atoms with Crippen molar-refractivity contribution in [3.63, 3.8) is 0 Å². The van der Waals surface area contributed by atoms with Crippen LogP contribution in [0.3, 0.4) is 0 Å². The van der Waals surface area contributed by atoms with Gasteiger partial charge in [-0.2, -0.15) is 23.7 Å². The number of hydrogen-bond donors (Lipinski definition) is 1. The lowest BCUT2D eigenvalue weighted by atomic mass is 10.2. The van der Waals surface area contributed by atoms with Gasteiger partial charge < -0.3 is 14.2 Å². The lowest BCUT2D eigenvalue weighted by Crippen LogP contribution is -2.15. The van der Waals surface area contributed by atoms with E-state index in [0.29, 0.717) is 36.1 Å². The molecule has 0 amide bonds. The van der Waals surface area contributed by atoms with Crippen LogP contribution in [0.1, 0.15) is 5.56 Å². The van der Waals surface area contributed by atoms with Gasteiger partial charge in [-0.05, 0) is 60.2 Å². The van der Waals surface area contributed by atoms with E-state index in [9.17, 15) is 8.78 Å². The molecule has 0 aliphatic carbocycles. The second-order valence-corrected chi connectivity index (χ2v) is 6.10. The highest BCUT2D eigenvalue weighted by molar-refractivity contribution is 7.71. The van der Waals surface area contributed by atoms with Crippen LogP contribution in [0, 0.1) is 4.77 Å². The highest BCUT2D eigenvalue weighted by Crippen LogP contribution is 2.30. The van der Waals surface area contributed by atoms with Gasteiger partial charge in [0.1, 0.15) is 19.0 Å². The number of hydrogen-bond acceptors (Lipinski definition) is 6. The number of alkyl halides is 2. The Hall–Kier alpha value is -3.27. The van der Waals surface area contributed by atoms with Gasteiger partial charge in [0.2, 0.25) is 4.77 Å². The quantitative estimate of drug-likeness (QED) is 0.516. The molecule has 0 saturated carbocycles. The molecule has 0 fully saturated rings. The number of H-pyrrole nitrogens is 1. The number of fused-ring (bicyclic) bond motifs is 1. The lowest BCUT2D eigenvalue weighted by Gasteiger charge is -2.18. The molecule has 2 heterocycles. The maximum atomic E-state index is 12.3. The topological polar surface area (TPSA) is 73.7 Å². The molecule has 10 heteroatoms. The summed E-state index contributed by atoms with van der Waals surface area (Å²) in [7, 11) is 0. The van der Waals surface area contributed by atoms with Crippen LogP contribution in [0.5, 0.6) is 17.2 Å². The molecular formula is C18H14F2N4O3S. The van der Waals surface area contributed by atoms with Crippen LogP contribution in [-0.4, -0.2) is 40.9 Å². The Morgan fingerprint density at radius 1 is 1.14 bits per heavy atom. The minimum atomic E-state index is -2.88. The number of benzene rings is 2. The van der Waals surface area contributed by atoms with Crippen LogP contribution < -0.4 is 14.2 Å². The molecule has 4 rings (SSSR count). The van der Waals surface area contributed by atoms with Crippen LogP contribution in [0.25, 0.3) is 11.4 Å². The Bertz CT molecular complexity index is 1060. The average molecular weight is 404 g/mol. The molecule has 0 atom stereocenters. The first-order valence-electron chi connectivity index (χ1n) is 8.27. The van der Waals surface area contributed by atoms with Gasteiger partial charge in [-0.1, -0.05) is 0 Å². The van der Waals surface area contributed by atoms with Gasteiger partial charge >= 0.3 is 6.61 Å². The summed E-state index contributed by atoms with van der Waals surface area (Å²) in [5.74, 6) is 1.83. The number of halogens is 2. The fraction of sp³-hybridized carbons (Fsp3) is 0.167. The molecule has 0 radical (unpaired) electrons. The normalized spacial score (nSPS) is 13.2. The summed E-state index contributed by atoms with van der Waals surface area (Å²) in [6.07, 6.45) is 1.61. The molecule has 0 unspecified atom stereocenters. The second-order valence-electron chi connectivity index (χ2n) is 5.71. The van der Waals surface area contributed by atoms with E-state index in [4.69, 9.17) is 21.7 Å². The molecule has 3 aromatic rings. The Morgan fingerprint density at radius 3 is 2.64 bits per heavy atom. The van der Waals surface area contributed by atoms with Crippen molar-refractivity contribution in [2.75, 3.05) is 13.2 Å². The van der Waals surface area contributed by atoms with E-state index < -0.39 is 6.61 Å². The van der Waals surface area contributed by atoms with Crippen molar-refractivity contribution >= 4 is 18.4 Å². The number of aromatic nitrogens is 3. The van der Waals surface area contributed by atoms with E-state index in [0.717, 1.165) is 5.56 Å². The molecule has 28 heavy (non-hydrogen) atoms. The number of ether oxygens (including phenoxy) is 3. The summed E-state index contributed by atoms with van der Waals surface area (Å²) in [5.41, 5.74) is 1.42. The molecule has 0 bridgehead atoms. The van der Waals surface area contributed by atoms with Crippen molar-refractivity contribution in [3.05, 3.63) is 52.8 Å². The summed E-state index contributed by atoms with van der Waals surface area (Å²) in [6, 6.07) is 11.5. The molecule has 144 valence electrons. The summed E-state index contributed by atoms with van der Waals surface area (Å²) in [5, 5.41) is 11.2. The Balaban J connectivity index is 1.60. The van der Waals surface area contributed by atoms with Crippen LogP contribution in [0.15, 0.2) is 47.6 Å². The summed E-state index contributed by atoms with van der Waals surface area (Å²) < 4.78 is 41.7. The van der Waals surface area contributed by atoms with Crippen molar-refractivity contribution in [2.24, 2.45) is 5.10 Å². The first kappa shape index (κ1) is 18.1. The Labute approximate surface area is 163 Å². The van der Waals surface area contributed by atoms with Gasteiger partial charge in [0, 0.05) is 5.56 Å². The predicted molar refractivity (Wildman–Crippen MR) is 99.9 cm³/mol. The van der Waals surface area contributed by atoms with E-state index in [1.165, 1.54) is 16.8 Å². The fourth-order valence-electron chi connectivity index (χ4n) is 2.64. The summed E-state index contributed by atoms with van der Waals surface area (Å²) in [4.78, 5) is 0. The molecule has 1 aromatic heterocycles. The van der Waals surface area contributed by atoms with Crippen LogP contribution in [0.2, 0.25) is 0 Å². The minimum Gasteiger partial charge on any atom is -0.486 e. The van der Waals surface area contributed by atoms with Gasteiger partial charge in [-0.15, -0.1) is 0 Å². The van der Waals surface area contributed by atoms with Crippen LogP contribution >= 0.6 is 12.2 Å². The monoisotopic (exact) mass is 404 g/mol. The van der Waals surface area contributed by atoms with E-state index >= 15 is 0 Å². The van der Waals surface area contributed by atoms with Crippen molar-refractivity contribution in [2.45, 2.75) is 6.61 Å². The summed E-state index contributed by atoms with van der Waals surface area (Å²) >= 11 is 5.23. The standard InChI is InChI=1S/C18H14F2N4O3S/c19-17(20)27-13-4-2-12(3-5-13)16-22-23-18(28)24(16)21-10-11-1-6-14-15(9-11)26-8-7-25-14/h1-6,9-10,17H,7-8H2,(H,23,28)/b21-10+. The third-order valence-corrected chi connectivity index (χ3v) is 4.14. The van der Waals surface area contributed by atoms with Gasteiger partial charge in [0.05, 0.1) is 6.21 Å². The largest absolute Gasteiger partial charge is 0.486 e. The van der Waals surface area contributed by atoms with Crippen molar-refractivity contribution in [3.8, 4) is 28.6 Å². The minimum absolute atomic E-state index is 0.0548. The summed E-state index contributed by atoms with van der Waals surface area (Å²) in [6.45, 7) is -1.86. The smallest absolute Gasteiger partial charge is 0.387 e. The molecule has 7 nitrogen and oxygen atoms in total. The third-order valence-electron chi connectivity index (χ3n) is 3.88. The first-order chi connectivity index (χ1) is 13.6. The first-order valence-corrected chi connectivity index (χ1v) is 8.67. The SMILES string of the molecule is FC(F)Oc1ccc(-c2n[nH]c(=S)n2/N=C/c2ccc3c(c2)OCCO3)cc1. The van der Waals surface area contributed by atoms with E-state index in [1.807, 2.05) is 18.2 Å². The zero-order valence-corrected chi connectivity index (χ0v) is 15.2. The number of nitrogens with one attached hydrogen (secondary N) is 1. The van der Waals surface area contributed by atoms with E-state index in [-0.39, 0.29) is 10.5 Å². The maximum Gasteiger partial charge on any atom is 0.387 e. The van der Waals surface area contributed by atoms with Crippen molar-refractivity contribution in [1.82, 2.24) is 14.9 Å². The molecular weight excluding hydrogens is 390 g/mol. The van der Waals surface area contributed by atoms with Gasteiger partial charge in [-0.25, -0.2) is 5.10 Å². The average Bonchev–Trinajstić information content (AvgIpc) is 3.07. The number of aromatic amines is 1. The fourth-order valence-corrected chi connectivity index (χ4v) is 2.81. The molecule has 0 saturated heterocycles. The molecule has 1 aliphatic heterocycles. The van der Waals surface area contributed by atoms with E-state index in [2.05, 4.69) is 20.0 Å². The predicted octanol–water partition coefficient (Wildman–Crippen LogP) is 3.86. The number of nitrogens with zero attached hydrogens (tertiary/aromatic N) is 3.